The highest BCUT2D eigenvalue weighted by molar-refractivity contribution is 8.09. The minimum absolute atomic E-state index is 0.907. The molecule has 2 heterocycles. The van der Waals surface area contributed by atoms with Gasteiger partial charge in [-0.3, -0.25) is 0 Å². The summed E-state index contributed by atoms with van der Waals surface area (Å²) in [6.45, 7) is 0. The third kappa shape index (κ3) is 2.93. The summed E-state index contributed by atoms with van der Waals surface area (Å²) in [6.07, 6.45) is 0. The first-order valence-corrected chi connectivity index (χ1v) is 9.22. The van der Waals surface area contributed by atoms with E-state index in [0.29, 0.717) is 0 Å². The molecule has 3 nitrogen and oxygen atoms in total. The minimum atomic E-state index is 0.907. The van der Waals surface area contributed by atoms with Gasteiger partial charge in [0.15, 0.2) is 8.68 Å². The number of benzene rings is 2. The summed E-state index contributed by atoms with van der Waals surface area (Å²) in [4.78, 5) is 9.03. The summed E-state index contributed by atoms with van der Waals surface area (Å²) in [5.74, 6) is 0. The predicted molar refractivity (Wildman–Crippen MR) is 92.0 cm³/mol. The molecule has 0 unspecified atom stereocenters. The molecule has 0 bridgehead atoms. The van der Waals surface area contributed by atoms with E-state index in [9.17, 15) is 0 Å². The van der Waals surface area contributed by atoms with Gasteiger partial charge >= 0.3 is 0 Å². The van der Waals surface area contributed by atoms with Crippen LogP contribution in [0.25, 0.3) is 20.4 Å². The fraction of sp³-hybridized carbons (Fsp3) is 0. The van der Waals surface area contributed by atoms with Crippen LogP contribution in [-0.2, 0) is 3.63 Å². The van der Waals surface area contributed by atoms with E-state index in [2.05, 4.69) is 22.1 Å². The Morgan fingerprint density at radius 1 is 0.714 bits per heavy atom. The van der Waals surface area contributed by atoms with Gasteiger partial charge in [-0.25, -0.2) is 13.6 Å². The summed E-state index contributed by atoms with van der Waals surface area (Å²) in [7, 11) is 0. The zero-order valence-electron chi connectivity index (χ0n) is 10.6. The number of thiazole rings is 2. The third-order valence-corrected chi connectivity index (χ3v) is 6.34. The van der Waals surface area contributed by atoms with E-state index in [1.165, 1.54) is 33.5 Å². The van der Waals surface area contributed by atoms with Crippen molar-refractivity contribution in [2.75, 3.05) is 0 Å². The van der Waals surface area contributed by atoms with Crippen molar-refractivity contribution in [1.82, 2.24) is 9.97 Å². The Hall–Kier alpha value is -1.12. The molecule has 0 atom stereocenters. The second-order valence-corrected chi connectivity index (χ2v) is 8.36. The zero-order valence-corrected chi connectivity index (χ0v) is 13.8. The highest BCUT2D eigenvalue weighted by atomic mass is 32.3. The first-order valence-electron chi connectivity index (χ1n) is 6.11. The number of hydrogen-bond donors (Lipinski definition) is 0. The maximum atomic E-state index is 5.59. The van der Waals surface area contributed by atoms with Crippen LogP contribution >= 0.6 is 46.8 Å². The van der Waals surface area contributed by atoms with E-state index in [4.69, 9.17) is 3.63 Å². The van der Waals surface area contributed by atoms with Gasteiger partial charge in [0.1, 0.15) is 0 Å². The standard InChI is InChI=1S/C14H8N2OS4/c1-3-7-11-9(5-1)15-13(18-11)20-17-21-14-16-10-6-2-4-8-12(10)19-14/h1-8H. The van der Waals surface area contributed by atoms with Gasteiger partial charge in [0.25, 0.3) is 0 Å². The molecule has 0 aliphatic carbocycles. The number of aromatic nitrogens is 2. The summed E-state index contributed by atoms with van der Waals surface area (Å²) in [5, 5.41) is 0. The van der Waals surface area contributed by atoms with Gasteiger partial charge in [-0.05, 0) is 24.3 Å². The molecule has 104 valence electrons. The number of fused-ring (bicyclic) bond motifs is 2. The monoisotopic (exact) mass is 348 g/mol. The molecular weight excluding hydrogens is 340 g/mol. The van der Waals surface area contributed by atoms with Crippen molar-refractivity contribution in [1.29, 1.82) is 0 Å². The number of rotatable bonds is 4. The molecule has 2 aromatic heterocycles. The Morgan fingerprint density at radius 3 is 1.67 bits per heavy atom. The van der Waals surface area contributed by atoms with Crippen LogP contribution < -0.4 is 0 Å². The molecular formula is C14H8N2OS4. The van der Waals surface area contributed by atoms with Crippen LogP contribution in [-0.4, -0.2) is 9.97 Å². The lowest BCUT2D eigenvalue weighted by molar-refractivity contribution is 0.755. The molecule has 0 spiro atoms. The van der Waals surface area contributed by atoms with Gasteiger partial charge in [0, 0.05) is 0 Å². The Bertz CT molecular complexity index is 762. The molecule has 4 aromatic rings. The second-order valence-electron chi connectivity index (χ2n) is 4.13. The quantitative estimate of drug-likeness (QED) is 0.446. The summed E-state index contributed by atoms with van der Waals surface area (Å²) in [5.41, 5.74) is 2.03. The number of para-hydroxylation sites is 2. The molecule has 0 amide bonds. The molecule has 0 saturated heterocycles. The Labute approximate surface area is 137 Å². The maximum absolute atomic E-state index is 5.59. The first kappa shape index (κ1) is 13.5. The van der Waals surface area contributed by atoms with Crippen molar-refractivity contribution in [3.63, 3.8) is 0 Å². The van der Waals surface area contributed by atoms with E-state index in [-0.39, 0.29) is 0 Å². The molecule has 7 heteroatoms. The van der Waals surface area contributed by atoms with E-state index >= 15 is 0 Å². The van der Waals surface area contributed by atoms with E-state index in [0.717, 1.165) is 19.7 Å². The Morgan fingerprint density at radius 2 is 1.19 bits per heavy atom. The van der Waals surface area contributed by atoms with Crippen LogP contribution in [0.5, 0.6) is 0 Å². The Kier molecular flexibility index (Phi) is 3.83. The molecule has 2 aromatic carbocycles. The van der Waals surface area contributed by atoms with Gasteiger partial charge in [0.2, 0.25) is 0 Å². The van der Waals surface area contributed by atoms with E-state index < -0.39 is 0 Å². The van der Waals surface area contributed by atoms with Crippen molar-refractivity contribution in [2.24, 2.45) is 0 Å². The van der Waals surface area contributed by atoms with Crippen LogP contribution in [0.2, 0.25) is 0 Å². The number of nitrogens with zero attached hydrogens (tertiary/aromatic N) is 2. The van der Waals surface area contributed by atoms with Crippen molar-refractivity contribution < 1.29 is 3.63 Å². The average molecular weight is 348 g/mol. The van der Waals surface area contributed by atoms with E-state index in [1.54, 1.807) is 22.7 Å². The third-order valence-electron chi connectivity index (χ3n) is 2.76. The Balaban J connectivity index is 1.44. The molecule has 0 radical (unpaired) electrons. The highest BCUT2D eigenvalue weighted by Crippen LogP contribution is 2.36. The van der Waals surface area contributed by atoms with Crippen LogP contribution in [0.1, 0.15) is 0 Å². The van der Waals surface area contributed by atoms with Crippen molar-refractivity contribution >= 4 is 67.2 Å². The zero-order chi connectivity index (χ0) is 14.1. The van der Waals surface area contributed by atoms with Gasteiger partial charge < -0.3 is 0 Å². The normalized spacial score (nSPS) is 11.4. The van der Waals surface area contributed by atoms with Crippen LogP contribution in [0, 0.1) is 0 Å². The maximum Gasteiger partial charge on any atom is 0.179 e. The SMILES string of the molecule is c1ccc2sc(SOSc3nc4ccccc4s3)nc2c1. The molecule has 0 fully saturated rings. The lowest BCUT2D eigenvalue weighted by Crippen LogP contribution is -1.71. The summed E-state index contributed by atoms with van der Waals surface area (Å²) >= 11 is 5.84. The van der Waals surface area contributed by atoms with Gasteiger partial charge in [-0.15, -0.1) is 22.7 Å². The highest BCUT2D eigenvalue weighted by Gasteiger charge is 2.08. The fourth-order valence-electron chi connectivity index (χ4n) is 1.85. The lowest BCUT2D eigenvalue weighted by Gasteiger charge is -1.93. The minimum Gasteiger partial charge on any atom is -0.232 e. The summed E-state index contributed by atoms with van der Waals surface area (Å²) in [6, 6.07) is 16.2. The molecule has 0 saturated carbocycles. The molecule has 0 aliphatic heterocycles. The molecule has 0 N–H and O–H groups in total. The molecule has 21 heavy (non-hydrogen) atoms. The van der Waals surface area contributed by atoms with Gasteiger partial charge in [-0.2, -0.15) is 0 Å². The van der Waals surface area contributed by atoms with Crippen molar-refractivity contribution in [3.8, 4) is 0 Å². The molecule has 4 rings (SSSR count). The van der Waals surface area contributed by atoms with Gasteiger partial charge in [0.05, 0.1) is 44.5 Å². The van der Waals surface area contributed by atoms with Crippen molar-refractivity contribution in [2.45, 2.75) is 8.68 Å². The van der Waals surface area contributed by atoms with Crippen LogP contribution in [0.3, 0.4) is 0 Å². The second kappa shape index (κ2) is 5.94. The number of hydrogen-bond acceptors (Lipinski definition) is 7. The fourth-order valence-corrected chi connectivity index (χ4v) is 5.43. The largest absolute Gasteiger partial charge is 0.232 e. The predicted octanol–water partition coefficient (Wildman–Crippen LogP) is 5.64. The smallest absolute Gasteiger partial charge is 0.179 e. The van der Waals surface area contributed by atoms with E-state index in [1.807, 2.05) is 36.4 Å². The lowest BCUT2D eigenvalue weighted by atomic mass is 10.3. The summed E-state index contributed by atoms with van der Waals surface area (Å²) < 4.78 is 9.76. The average Bonchev–Trinajstić information content (AvgIpc) is 3.09. The van der Waals surface area contributed by atoms with Gasteiger partial charge in [-0.1, -0.05) is 24.3 Å². The topological polar surface area (TPSA) is 35.0 Å². The molecule has 0 aliphatic rings. The van der Waals surface area contributed by atoms with Crippen LogP contribution in [0.4, 0.5) is 0 Å². The van der Waals surface area contributed by atoms with Crippen LogP contribution in [0.15, 0.2) is 57.2 Å². The first-order chi connectivity index (χ1) is 10.4. The van der Waals surface area contributed by atoms with Crippen molar-refractivity contribution in [3.05, 3.63) is 48.5 Å².